The highest BCUT2D eigenvalue weighted by molar-refractivity contribution is 5.95. The number of amides is 1. The van der Waals surface area contributed by atoms with Gasteiger partial charge < -0.3 is 19.3 Å². The van der Waals surface area contributed by atoms with Crippen LogP contribution in [0.4, 0.5) is 5.82 Å². The summed E-state index contributed by atoms with van der Waals surface area (Å²) in [5, 5.41) is 8.79. The summed E-state index contributed by atoms with van der Waals surface area (Å²) in [6.07, 6.45) is 0. The summed E-state index contributed by atoms with van der Waals surface area (Å²) < 4.78 is 11.3. The fraction of sp³-hybridized carbons (Fsp3) is 0.320. The molecule has 1 amide bonds. The fourth-order valence-electron chi connectivity index (χ4n) is 3.76. The molecule has 0 aliphatic carbocycles. The van der Waals surface area contributed by atoms with E-state index in [0.717, 1.165) is 17.1 Å². The van der Waals surface area contributed by atoms with Crippen molar-refractivity contribution in [1.29, 1.82) is 0 Å². The van der Waals surface area contributed by atoms with Crippen molar-refractivity contribution in [3.8, 4) is 22.8 Å². The SMILES string of the molecule is CCOc1ccc(C(=O)N2CCN(c3ccc(-c4ccccc4)nn3)CC2)cc1OCC. The van der Waals surface area contributed by atoms with Crippen LogP contribution < -0.4 is 14.4 Å². The number of carbonyl (C=O) groups is 1. The number of benzene rings is 2. The maximum absolute atomic E-state index is 13.1. The number of nitrogens with zero attached hydrogens (tertiary/aromatic N) is 4. The zero-order chi connectivity index (χ0) is 22.3. The van der Waals surface area contributed by atoms with Gasteiger partial charge in [0, 0.05) is 37.3 Å². The molecule has 1 saturated heterocycles. The Morgan fingerprint density at radius 1 is 0.844 bits per heavy atom. The van der Waals surface area contributed by atoms with Crippen LogP contribution in [0, 0.1) is 0 Å². The van der Waals surface area contributed by atoms with E-state index < -0.39 is 0 Å². The minimum absolute atomic E-state index is 0.000777. The molecule has 0 radical (unpaired) electrons. The Hall–Kier alpha value is -3.61. The van der Waals surface area contributed by atoms with Crippen molar-refractivity contribution in [3.05, 3.63) is 66.2 Å². The highest BCUT2D eigenvalue weighted by Crippen LogP contribution is 2.29. The molecule has 3 aromatic rings. The maximum atomic E-state index is 13.1. The normalized spacial score (nSPS) is 13.7. The molecular weight excluding hydrogens is 404 g/mol. The van der Waals surface area contributed by atoms with Crippen LogP contribution in [0.15, 0.2) is 60.7 Å². The molecule has 1 aliphatic heterocycles. The number of aromatic nitrogens is 2. The van der Waals surface area contributed by atoms with Crippen molar-refractivity contribution in [2.45, 2.75) is 13.8 Å². The van der Waals surface area contributed by atoms with Crippen LogP contribution in [0.1, 0.15) is 24.2 Å². The summed E-state index contributed by atoms with van der Waals surface area (Å²) >= 11 is 0. The Labute approximate surface area is 188 Å². The molecule has 7 nitrogen and oxygen atoms in total. The van der Waals surface area contributed by atoms with Gasteiger partial charge in [-0.25, -0.2) is 0 Å². The Morgan fingerprint density at radius 3 is 2.22 bits per heavy atom. The molecule has 0 spiro atoms. The van der Waals surface area contributed by atoms with Gasteiger partial charge in [-0.15, -0.1) is 10.2 Å². The van der Waals surface area contributed by atoms with Gasteiger partial charge in [0.15, 0.2) is 17.3 Å². The van der Waals surface area contributed by atoms with Crippen LogP contribution in [-0.4, -0.2) is 60.4 Å². The molecule has 2 heterocycles. The Kier molecular flexibility index (Phi) is 6.84. The summed E-state index contributed by atoms with van der Waals surface area (Å²) in [5.74, 6) is 2.09. The number of ether oxygens (including phenoxy) is 2. The van der Waals surface area contributed by atoms with E-state index in [1.54, 1.807) is 12.1 Å². The van der Waals surface area contributed by atoms with Crippen LogP contribution in [0.3, 0.4) is 0 Å². The van der Waals surface area contributed by atoms with E-state index in [1.807, 2.05) is 67.3 Å². The Bertz CT molecular complexity index is 1030. The first-order chi connectivity index (χ1) is 15.7. The third kappa shape index (κ3) is 4.82. The predicted octanol–water partition coefficient (Wildman–Crippen LogP) is 3.90. The molecular formula is C25H28N4O3. The van der Waals surface area contributed by atoms with Crippen LogP contribution >= 0.6 is 0 Å². The van der Waals surface area contributed by atoms with Gasteiger partial charge >= 0.3 is 0 Å². The third-order valence-corrected chi connectivity index (χ3v) is 5.40. The van der Waals surface area contributed by atoms with Crippen molar-refractivity contribution in [2.24, 2.45) is 0 Å². The summed E-state index contributed by atoms with van der Waals surface area (Å²) in [6.45, 7) is 7.56. The van der Waals surface area contributed by atoms with E-state index in [4.69, 9.17) is 9.47 Å². The monoisotopic (exact) mass is 432 g/mol. The minimum atomic E-state index is -0.000777. The molecule has 2 aromatic carbocycles. The number of rotatable bonds is 7. The summed E-state index contributed by atoms with van der Waals surface area (Å²) in [5.41, 5.74) is 2.50. The van der Waals surface area contributed by atoms with E-state index in [-0.39, 0.29) is 5.91 Å². The first-order valence-electron chi connectivity index (χ1n) is 11.0. The van der Waals surface area contributed by atoms with Gasteiger partial charge in [0.25, 0.3) is 5.91 Å². The zero-order valence-corrected chi connectivity index (χ0v) is 18.5. The van der Waals surface area contributed by atoms with E-state index in [9.17, 15) is 4.79 Å². The van der Waals surface area contributed by atoms with Gasteiger partial charge in [0.2, 0.25) is 0 Å². The highest BCUT2D eigenvalue weighted by atomic mass is 16.5. The second-order valence-electron chi connectivity index (χ2n) is 7.45. The second-order valence-corrected chi connectivity index (χ2v) is 7.45. The molecule has 0 unspecified atom stereocenters. The van der Waals surface area contributed by atoms with Gasteiger partial charge in [0.1, 0.15) is 0 Å². The summed E-state index contributed by atoms with van der Waals surface area (Å²) in [6, 6.07) is 19.4. The predicted molar refractivity (Wildman–Crippen MR) is 124 cm³/mol. The molecule has 32 heavy (non-hydrogen) atoms. The lowest BCUT2D eigenvalue weighted by Gasteiger charge is -2.35. The average Bonchev–Trinajstić information content (AvgIpc) is 2.86. The molecule has 1 aromatic heterocycles. The van der Waals surface area contributed by atoms with Gasteiger partial charge in [-0.2, -0.15) is 0 Å². The maximum Gasteiger partial charge on any atom is 0.254 e. The van der Waals surface area contributed by atoms with Crippen LogP contribution in [0.5, 0.6) is 11.5 Å². The van der Waals surface area contributed by atoms with Crippen LogP contribution in [0.25, 0.3) is 11.3 Å². The number of hydrogen-bond acceptors (Lipinski definition) is 6. The third-order valence-electron chi connectivity index (χ3n) is 5.40. The van der Waals surface area contributed by atoms with Crippen molar-refractivity contribution in [2.75, 3.05) is 44.3 Å². The van der Waals surface area contributed by atoms with E-state index >= 15 is 0 Å². The van der Waals surface area contributed by atoms with E-state index in [1.165, 1.54) is 0 Å². The van der Waals surface area contributed by atoms with Gasteiger partial charge in [-0.3, -0.25) is 4.79 Å². The Balaban J connectivity index is 1.39. The van der Waals surface area contributed by atoms with Crippen molar-refractivity contribution >= 4 is 11.7 Å². The lowest BCUT2D eigenvalue weighted by Crippen LogP contribution is -2.49. The van der Waals surface area contributed by atoms with E-state index in [2.05, 4.69) is 15.1 Å². The molecule has 0 bridgehead atoms. The molecule has 0 N–H and O–H groups in total. The van der Waals surface area contributed by atoms with Crippen molar-refractivity contribution < 1.29 is 14.3 Å². The Morgan fingerprint density at radius 2 is 1.56 bits per heavy atom. The lowest BCUT2D eigenvalue weighted by atomic mass is 10.1. The standard InChI is InChI=1S/C25H28N4O3/c1-3-31-22-12-10-20(18-23(22)32-4-2)25(30)29-16-14-28(15-17-29)24-13-11-21(26-27-24)19-8-6-5-7-9-19/h5-13,18H,3-4,14-17H2,1-2H3. The first kappa shape index (κ1) is 21.6. The van der Waals surface area contributed by atoms with E-state index in [0.29, 0.717) is 56.5 Å². The van der Waals surface area contributed by atoms with Crippen LogP contribution in [-0.2, 0) is 0 Å². The van der Waals surface area contributed by atoms with Gasteiger partial charge in [-0.05, 0) is 44.2 Å². The first-order valence-corrected chi connectivity index (χ1v) is 11.0. The van der Waals surface area contributed by atoms with Crippen LogP contribution in [0.2, 0.25) is 0 Å². The summed E-state index contributed by atoms with van der Waals surface area (Å²) in [4.78, 5) is 17.1. The number of anilines is 1. The molecule has 166 valence electrons. The highest BCUT2D eigenvalue weighted by Gasteiger charge is 2.24. The smallest absolute Gasteiger partial charge is 0.254 e. The number of piperazine rings is 1. The quantitative estimate of drug-likeness (QED) is 0.564. The lowest BCUT2D eigenvalue weighted by molar-refractivity contribution is 0.0746. The van der Waals surface area contributed by atoms with Crippen molar-refractivity contribution in [1.82, 2.24) is 15.1 Å². The van der Waals surface area contributed by atoms with Gasteiger partial charge in [0.05, 0.1) is 18.9 Å². The number of hydrogen-bond donors (Lipinski definition) is 0. The molecule has 7 heteroatoms. The minimum Gasteiger partial charge on any atom is -0.490 e. The second kappa shape index (κ2) is 10.1. The molecule has 1 aliphatic rings. The van der Waals surface area contributed by atoms with Crippen molar-refractivity contribution in [3.63, 3.8) is 0 Å². The molecule has 0 saturated carbocycles. The molecule has 1 fully saturated rings. The molecule has 4 rings (SSSR count). The molecule has 0 atom stereocenters. The van der Waals surface area contributed by atoms with Gasteiger partial charge in [-0.1, -0.05) is 30.3 Å². The summed E-state index contributed by atoms with van der Waals surface area (Å²) in [7, 11) is 0. The average molecular weight is 433 g/mol. The topological polar surface area (TPSA) is 67.8 Å². The number of carbonyl (C=O) groups excluding carboxylic acids is 1. The zero-order valence-electron chi connectivity index (χ0n) is 18.5. The fourth-order valence-corrected chi connectivity index (χ4v) is 3.76. The largest absolute Gasteiger partial charge is 0.490 e.